The van der Waals surface area contributed by atoms with Crippen molar-refractivity contribution in [3.05, 3.63) is 46.7 Å². The molecule has 0 N–H and O–H groups in total. The van der Waals surface area contributed by atoms with Gasteiger partial charge in [-0.05, 0) is 47.4 Å². The van der Waals surface area contributed by atoms with Gasteiger partial charge < -0.3 is 14.4 Å². The van der Waals surface area contributed by atoms with Crippen LogP contribution in [0, 0.1) is 0 Å². The van der Waals surface area contributed by atoms with E-state index in [2.05, 4.69) is 11.4 Å². The Bertz CT molecular complexity index is 623. The van der Waals surface area contributed by atoms with Crippen molar-refractivity contribution in [1.29, 1.82) is 0 Å². The van der Waals surface area contributed by atoms with Gasteiger partial charge in [-0.3, -0.25) is 4.79 Å². The van der Waals surface area contributed by atoms with E-state index in [4.69, 9.17) is 9.47 Å². The average molecular weight is 317 g/mol. The molecule has 1 saturated carbocycles. The fourth-order valence-corrected chi connectivity index (χ4v) is 3.01. The molecule has 0 radical (unpaired) electrons. The zero-order valence-electron chi connectivity index (χ0n) is 12.5. The molecule has 3 rings (SSSR count). The Labute approximate surface area is 134 Å². The first-order valence-electron chi connectivity index (χ1n) is 7.34. The predicted octanol–water partition coefficient (Wildman–Crippen LogP) is 3.33. The SMILES string of the molecule is COc1ccccc1OCC(=O)N(Cc1ccsc1)C1CC1. The summed E-state index contributed by atoms with van der Waals surface area (Å²) < 4.78 is 10.9. The van der Waals surface area contributed by atoms with Crippen LogP contribution in [0.2, 0.25) is 0 Å². The van der Waals surface area contributed by atoms with E-state index in [9.17, 15) is 4.79 Å². The zero-order chi connectivity index (χ0) is 15.4. The molecule has 0 atom stereocenters. The molecule has 1 aromatic carbocycles. The first kappa shape index (κ1) is 14.9. The summed E-state index contributed by atoms with van der Waals surface area (Å²) in [6, 6.07) is 9.81. The lowest BCUT2D eigenvalue weighted by molar-refractivity contribution is -0.134. The smallest absolute Gasteiger partial charge is 0.261 e. The molecule has 4 nitrogen and oxygen atoms in total. The van der Waals surface area contributed by atoms with Crippen LogP contribution in [0.5, 0.6) is 11.5 Å². The fraction of sp³-hybridized carbons (Fsp3) is 0.353. The van der Waals surface area contributed by atoms with Crippen molar-refractivity contribution in [3.63, 3.8) is 0 Å². The topological polar surface area (TPSA) is 38.8 Å². The van der Waals surface area contributed by atoms with Crippen LogP contribution in [-0.4, -0.2) is 30.6 Å². The van der Waals surface area contributed by atoms with Gasteiger partial charge in [0.2, 0.25) is 0 Å². The lowest BCUT2D eigenvalue weighted by Gasteiger charge is -2.22. The van der Waals surface area contributed by atoms with E-state index in [-0.39, 0.29) is 12.5 Å². The van der Waals surface area contributed by atoms with Gasteiger partial charge in [0.15, 0.2) is 18.1 Å². The minimum absolute atomic E-state index is 0.0274. The average Bonchev–Trinajstić information content (AvgIpc) is 3.26. The summed E-state index contributed by atoms with van der Waals surface area (Å²) in [4.78, 5) is 14.4. The minimum Gasteiger partial charge on any atom is -0.493 e. The van der Waals surface area contributed by atoms with E-state index in [1.165, 1.54) is 5.56 Å². The highest BCUT2D eigenvalue weighted by atomic mass is 32.1. The zero-order valence-corrected chi connectivity index (χ0v) is 13.3. The van der Waals surface area contributed by atoms with E-state index in [1.807, 2.05) is 34.5 Å². The third kappa shape index (κ3) is 3.60. The van der Waals surface area contributed by atoms with Crippen molar-refractivity contribution in [2.24, 2.45) is 0 Å². The number of hydrogen-bond donors (Lipinski definition) is 0. The summed E-state index contributed by atoms with van der Waals surface area (Å²) in [5.74, 6) is 1.27. The van der Waals surface area contributed by atoms with Crippen molar-refractivity contribution in [2.45, 2.75) is 25.4 Å². The Balaban J connectivity index is 1.62. The third-order valence-corrected chi connectivity index (χ3v) is 4.39. The second kappa shape index (κ2) is 6.83. The highest BCUT2D eigenvalue weighted by Gasteiger charge is 2.32. The maximum atomic E-state index is 12.5. The van der Waals surface area contributed by atoms with Crippen LogP contribution in [0.15, 0.2) is 41.1 Å². The molecule has 1 heterocycles. The molecule has 1 aliphatic rings. The van der Waals surface area contributed by atoms with E-state index < -0.39 is 0 Å². The highest BCUT2D eigenvalue weighted by molar-refractivity contribution is 7.07. The van der Waals surface area contributed by atoms with Gasteiger partial charge in [0.05, 0.1) is 7.11 Å². The number of nitrogens with zero attached hydrogens (tertiary/aromatic N) is 1. The lowest BCUT2D eigenvalue weighted by Crippen LogP contribution is -2.36. The van der Waals surface area contributed by atoms with Crippen molar-refractivity contribution in [3.8, 4) is 11.5 Å². The van der Waals surface area contributed by atoms with Gasteiger partial charge in [0.25, 0.3) is 5.91 Å². The molecule has 0 saturated heterocycles. The van der Waals surface area contributed by atoms with Crippen LogP contribution >= 0.6 is 11.3 Å². The maximum absolute atomic E-state index is 12.5. The molecule has 0 bridgehead atoms. The van der Waals surface area contributed by atoms with Crippen molar-refractivity contribution in [2.75, 3.05) is 13.7 Å². The summed E-state index contributed by atoms with van der Waals surface area (Å²) in [6.45, 7) is 0.712. The molecule has 1 aromatic heterocycles. The van der Waals surface area contributed by atoms with Crippen LogP contribution in [0.4, 0.5) is 0 Å². The summed E-state index contributed by atoms with van der Waals surface area (Å²) in [5, 5.41) is 4.12. The van der Waals surface area contributed by atoms with Crippen LogP contribution < -0.4 is 9.47 Å². The number of methoxy groups -OCH3 is 1. The Morgan fingerprint density at radius 1 is 1.27 bits per heavy atom. The van der Waals surface area contributed by atoms with Gasteiger partial charge in [-0.15, -0.1) is 0 Å². The van der Waals surface area contributed by atoms with Crippen LogP contribution in [0.1, 0.15) is 18.4 Å². The van der Waals surface area contributed by atoms with Gasteiger partial charge in [0, 0.05) is 12.6 Å². The first-order valence-corrected chi connectivity index (χ1v) is 8.28. The molecule has 0 spiro atoms. The van der Waals surface area contributed by atoms with E-state index in [1.54, 1.807) is 18.4 Å². The summed E-state index contributed by atoms with van der Waals surface area (Å²) >= 11 is 1.65. The number of benzene rings is 1. The molecule has 0 aliphatic heterocycles. The van der Waals surface area contributed by atoms with Crippen LogP contribution in [-0.2, 0) is 11.3 Å². The highest BCUT2D eigenvalue weighted by Crippen LogP contribution is 2.30. The van der Waals surface area contributed by atoms with Crippen molar-refractivity contribution in [1.82, 2.24) is 4.90 Å². The molecule has 2 aromatic rings. The number of carbonyl (C=O) groups is 1. The van der Waals surface area contributed by atoms with Crippen LogP contribution in [0.25, 0.3) is 0 Å². The Hall–Kier alpha value is -2.01. The second-order valence-electron chi connectivity index (χ2n) is 5.32. The van der Waals surface area contributed by atoms with Gasteiger partial charge in [-0.2, -0.15) is 11.3 Å². The van der Waals surface area contributed by atoms with Gasteiger partial charge in [-0.1, -0.05) is 12.1 Å². The Kier molecular flexibility index (Phi) is 4.63. The molecule has 22 heavy (non-hydrogen) atoms. The maximum Gasteiger partial charge on any atom is 0.261 e. The van der Waals surface area contributed by atoms with Crippen molar-refractivity contribution >= 4 is 17.2 Å². The molecule has 1 amide bonds. The van der Waals surface area contributed by atoms with Crippen LogP contribution in [0.3, 0.4) is 0 Å². The van der Waals surface area contributed by atoms with E-state index >= 15 is 0 Å². The van der Waals surface area contributed by atoms with Gasteiger partial charge in [-0.25, -0.2) is 0 Å². The molecular formula is C17H19NO3S. The first-order chi connectivity index (χ1) is 10.8. The van der Waals surface area contributed by atoms with Gasteiger partial charge in [0.1, 0.15) is 0 Å². The van der Waals surface area contributed by atoms with E-state index in [0.29, 0.717) is 24.1 Å². The summed E-state index contributed by atoms with van der Waals surface area (Å²) in [5.41, 5.74) is 1.18. The third-order valence-electron chi connectivity index (χ3n) is 3.66. The minimum atomic E-state index is 0.0274. The molecule has 1 fully saturated rings. The summed E-state index contributed by atoms with van der Waals surface area (Å²) in [6.07, 6.45) is 2.18. The number of carbonyl (C=O) groups excluding carboxylic acids is 1. The standard InChI is InChI=1S/C17H19NO3S/c1-20-15-4-2-3-5-16(15)21-11-17(19)18(14-6-7-14)10-13-8-9-22-12-13/h2-5,8-9,12,14H,6-7,10-11H2,1H3. The Morgan fingerprint density at radius 3 is 2.68 bits per heavy atom. The number of para-hydroxylation sites is 2. The number of thiophene rings is 1. The number of amides is 1. The van der Waals surface area contributed by atoms with Gasteiger partial charge >= 0.3 is 0 Å². The monoisotopic (exact) mass is 317 g/mol. The normalized spacial score (nSPS) is 13.7. The quantitative estimate of drug-likeness (QED) is 0.786. The molecular weight excluding hydrogens is 298 g/mol. The van der Waals surface area contributed by atoms with Crippen molar-refractivity contribution < 1.29 is 14.3 Å². The number of hydrogen-bond acceptors (Lipinski definition) is 4. The fourth-order valence-electron chi connectivity index (χ4n) is 2.35. The molecule has 0 unspecified atom stereocenters. The second-order valence-corrected chi connectivity index (χ2v) is 6.10. The lowest BCUT2D eigenvalue weighted by atomic mass is 10.3. The van der Waals surface area contributed by atoms with E-state index in [0.717, 1.165) is 12.8 Å². The number of ether oxygens (including phenoxy) is 2. The Morgan fingerprint density at radius 2 is 2.05 bits per heavy atom. The predicted molar refractivity (Wildman–Crippen MR) is 86.4 cm³/mol. The molecule has 5 heteroatoms. The number of rotatable bonds is 7. The molecule has 116 valence electrons. The molecule has 1 aliphatic carbocycles. The largest absolute Gasteiger partial charge is 0.493 e. The summed E-state index contributed by atoms with van der Waals surface area (Å²) in [7, 11) is 1.59.